The zero-order chi connectivity index (χ0) is 49.4. The number of alkyl halides is 3. The lowest BCUT2D eigenvalue weighted by Crippen LogP contribution is -2.52. The van der Waals surface area contributed by atoms with Crippen LogP contribution in [0.5, 0.6) is 0 Å². The quantitative estimate of drug-likeness (QED) is 0.0413. The molecule has 0 bridgehead atoms. The van der Waals surface area contributed by atoms with E-state index in [1.165, 1.54) is 17.0 Å². The SMILES string of the molecule is Nc1ncc(/C=C/CCN(CC(=O)NC2CCCCC2)C(=O)CCCCC#Cc2ccc3c(c2)CN(C2CCC(=O)NC2=O)C3=O)c2n[nH]c(-c3ccc(C(=O)Nc4cc(C(F)(F)F)ccn4)cc3)c12. The number of piperidine rings is 1. The fourth-order valence-electron chi connectivity index (χ4n) is 8.94. The molecule has 2 aliphatic heterocycles. The van der Waals surface area contributed by atoms with E-state index in [1.807, 2.05) is 18.2 Å². The van der Waals surface area contributed by atoms with Crippen molar-refractivity contribution in [3.63, 3.8) is 0 Å². The Kier molecular flexibility index (Phi) is 15.0. The number of imide groups is 1. The predicted octanol–water partition coefficient (Wildman–Crippen LogP) is 6.93. The van der Waals surface area contributed by atoms with Gasteiger partial charge in [0.15, 0.2) is 0 Å². The van der Waals surface area contributed by atoms with E-state index in [9.17, 15) is 41.9 Å². The molecule has 1 saturated carbocycles. The van der Waals surface area contributed by atoms with E-state index in [4.69, 9.17) is 5.73 Å². The molecular weight excluding hydrogens is 906 g/mol. The van der Waals surface area contributed by atoms with Gasteiger partial charge < -0.3 is 26.2 Å². The zero-order valence-electron chi connectivity index (χ0n) is 38.2. The number of benzene rings is 2. The standard InChI is InChI=1S/C51H51F3N10O6/c52-51(53,54)36-23-24-56-40(27-36)59-48(68)33-18-16-32(17-19-33)45-44-46(62-61-45)34(28-57-47(44)55)11-8-9-25-63(30-42(66)58-37-12-5-3-6-13-37)43(67)14-7-2-1-4-10-31-15-20-38-35(26-31)29-64(50(38)70)39-21-22-41(65)60-49(39)69/h8,11,15-20,23-24,26-28,37,39H,1-3,5-7,9,12-14,21-22,25,29-30H2,(H2,55,57)(H,58,66)(H,61,62)(H,56,59,68)(H,60,65,69)/b11-8+. The first kappa shape index (κ1) is 48.6. The third-order valence-electron chi connectivity index (χ3n) is 12.6. The first-order valence-corrected chi connectivity index (χ1v) is 23.3. The minimum Gasteiger partial charge on any atom is -0.383 e. The van der Waals surface area contributed by atoms with Gasteiger partial charge in [-0.25, -0.2) is 9.97 Å². The summed E-state index contributed by atoms with van der Waals surface area (Å²) in [7, 11) is 0. The molecule has 3 aliphatic rings. The lowest BCUT2D eigenvalue weighted by atomic mass is 9.95. The minimum absolute atomic E-state index is 0.0657. The molecule has 8 rings (SSSR count). The van der Waals surface area contributed by atoms with Crippen LogP contribution in [-0.2, 0) is 31.9 Å². The molecule has 1 aliphatic carbocycles. The number of nitrogens with zero attached hydrogens (tertiary/aromatic N) is 5. The van der Waals surface area contributed by atoms with Crippen molar-refractivity contribution in [2.45, 2.75) is 102 Å². The molecule has 0 radical (unpaired) electrons. The van der Waals surface area contributed by atoms with E-state index in [2.05, 4.69) is 48.0 Å². The summed E-state index contributed by atoms with van der Waals surface area (Å²) in [4.78, 5) is 88.1. The minimum atomic E-state index is -4.59. The van der Waals surface area contributed by atoms with Gasteiger partial charge in [-0.1, -0.05) is 55.4 Å². The van der Waals surface area contributed by atoms with Crippen molar-refractivity contribution in [2.24, 2.45) is 0 Å². The average Bonchev–Trinajstić information content (AvgIpc) is 3.93. The Morgan fingerprint density at radius 1 is 0.971 bits per heavy atom. The van der Waals surface area contributed by atoms with Gasteiger partial charge in [0.2, 0.25) is 23.6 Å². The second kappa shape index (κ2) is 21.6. The maximum atomic E-state index is 13.6. The molecule has 1 atom stereocenters. The Hall–Kier alpha value is -7.88. The van der Waals surface area contributed by atoms with Crippen LogP contribution < -0.4 is 21.7 Å². The van der Waals surface area contributed by atoms with Gasteiger partial charge in [-0.2, -0.15) is 18.3 Å². The normalized spacial score (nSPS) is 16.2. The van der Waals surface area contributed by atoms with E-state index >= 15 is 0 Å². The third kappa shape index (κ3) is 11.7. The van der Waals surface area contributed by atoms with Gasteiger partial charge in [0, 0.05) is 78.6 Å². The van der Waals surface area contributed by atoms with Crippen LogP contribution >= 0.6 is 0 Å². The van der Waals surface area contributed by atoms with Crippen molar-refractivity contribution < 1.29 is 41.9 Å². The van der Waals surface area contributed by atoms with E-state index in [1.54, 1.807) is 35.4 Å². The summed E-state index contributed by atoms with van der Waals surface area (Å²) >= 11 is 0. The van der Waals surface area contributed by atoms with Gasteiger partial charge in [0.05, 0.1) is 23.2 Å². The number of pyridine rings is 2. The highest BCUT2D eigenvalue weighted by molar-refractivity contribution is 6.07. The van der Waals surface area contributed by atoms with E-state index in [0.717, 1.165) is 61.6 Å². The number of nitrogens with two attached hydrogens (primary N) is 1. The number of aromatic amines is 1. The van der Waals surface area contributed by atoms with Crippen molar-refractivity contribution >= 4 is 64.1 Å². The number of rotatable bonds is 15. The monoisotopic (exact) mass is 956 g/mol. The first-order chi connectivity index (χ1) is 33.7. The summed E-state index contributed by atoms with van der Waals surface area (Å²) in [5.74, 6) is 4.25. The van der Waals surface area contributed by atoms with Crippen molar-refractivity contribution in [1.82, 2.24) is 40.6 Å². The Morgan fingerprint density at radius 2 is 1.77 bits per heavy atom. The van der Waals surface area contributed by atoms with Crippen molar-refractivity contribution in [3.8, 4) is 23.1 Å². The molecule has 19 heteroatoms. The summed E-state index contributed by atoms with van der Waals surface area (Å²) in [5, 5.41) is 15.9. The number of unbranched alkanes of at least 4 members (excludes halogenated alkanes) is 2. The number of halogens is 3. The van der Waals surface area contributed by atoms with Gasteiger partial charge >= 0.3 is 6.18 Å². The lowest BCUT2D eigenvalue weighted by Gasteiger charge is -2.29. The highest BCUT2D eigenvalue weighted by Crippen LogP contribution is 2.33. The molecular formula is C51H51F3N10O6. The number of fused-ring (bicyclic) bond motifs is 2. The summed E-state index contributed by atoms with van der Waals surface area (Å²) in [5.41, 5.74) is 9.94. The topological polar surface area (TPSA) is 225 Å². The Morgan fingerprint density at radius 3 is 2.54 bits per heavy atom. The second-order valence-electron chi connectivity index (χ2n) is 17.6. The van der Waals surface area contributed by atoms with Gasteiger partial charge in [0.1, 0.15) is 23.2 Å². The Labute approximate surface area is 401 Å². The molecule has 3 aromatic heterocycles. The van der Waals surface area contributed by atoms with Crippen molar-refractivity contribution in [2.75, 3.05) is 24.1 Å². The van der Waals surface area contributed by atoms with Crippen molar-refractivity contribution in [1.29, 1.82) is 0 Å². The average molecular weight is 957 g/mol. The van der Waals surface area contributed by atoms with Crippen LogP contribution in [0.3, 0.4) is 0 Å². The van der Waals surface area contributed by atoms with Gasteiger partial charge in [-0.15, -0.1) is 0 Å². The molecule has 0 spiro atoms. The van der Waals surface area contributed by atoms with Crippen LogP contribution in [0.1, 0.15) is 120 Å². The third-order valence-corrected chi connectivity index (χ3v) is 12.6. The molecule has 362 valence electrons. The second-order valence-corrected chi connectivity index (χ2v) is 17.6. The van der Waals surface area contributed by atoms with Crippen LogP contribution in [0, 0.1) is 11.8 Å². The zero-order valence-corrected chi connectivity index (χ0v) is 38.2. The maximum absolute atomic E-state index is 13.6. The van der Waals surface area contributed by atoms with Crippen LogP contribution in [0.15, 0.2) is 73.1 Å². The predicted molar refractivity (Wildman–Crippen MR) is 254 cm³/mol. The molecule has 6 amide bonds. The smallest absolute Gasteiger partial charge is 0.383 e. The molecule has 2 fully saturated rings. The maximum Gasteiger partial charge on any atom is 0.416 e. The highest BCUT2D eigenvalue weighted by atomic mass is 19.4. The number of H-pyrrole nitrogens is 1. The van der Waals surface area contributed by atoms with Crippen LogP contribution in [0.25, 0.3) is 28.2 Å². The Bertz CT molecular complexity index is 2920. The van der Waals surface area contributed by atoms with Gasteiger partial charge in [0.25, 0.3) is 11.8 Å². The number of anilines is 2. The highest BCUT2D eigenvalue weighted by Gasteiger charge is 2.39. The van der Waals surface area contributed by atoms with E-state index in [-0.39, 0.29) is 85.8 Å². The summed E-state index contributed by atoms with van der Waals surface area (Å²) in [6.45, 7) is 0.486. The fourth-order valence-corrected chi connectivity index (χ4v) is 8.94. The number of carbonyl (C=O) groups excluding carboxylic acids is 6. The first-order valence-electron chi connectivity index (χ1n) is 23.3. The number of hydrogen-bond acceptors (Lipinski definition) is 10. The number of aromatic nitrogens is 4. The fraction of sp³-hybridized carbons (Fsp3) is 0.353. The van der Waals surface area contributed by atoms with E-state index < -0.39 is 29.6 Å². The summed E-state index contributed by atoms with van der Waals surface area (Å²) in [6, 6.07) is 12.6. The largest absolute Gasteiger partial charge is 0.416 e. The van der Waals surface area contributed by atoms with Crippen LogP contribution in [-0.4, -0.2) is 90.6 Å². The Balaban J connectivity index is 0.862. The molecule has 1 unspecified atom stereocenters. The number of carbonyl (C=O) groups is 6. The molecule has 2 aromatic carbocycles. The lowest BCUT2D eigenvalue weighted by molar-refractivity contribution is -0.138. The molecule has 1 saturated heterocycles. The number of hydrogen-bond donors (Lipinski definition) is 5. The van der Waals surface area contributed by atoms with Crippen LogP contribution in [0.2, 0.25) is 0 Å². The van der Waals surface area contributed by atoms with E-state index in [0.29, 0.717) is 59.0 Å². The molecule has 5 aromatic rings. The number of nitrogen functional groups attached to an aromatic ring is 1. The van der Waals surface area contributed by atoms with Gasteiger partial charge in [-0.3, -0.25) is 39.2 Å². The molecule has 6 N–H and O–H groups in total. The van der Waals surface area contributed by atoms with Crippen molar-refractivity contribution in [3.05, 3.63) is 106 Å². The number of amides is 6. The number of nitrogens with one attached hydrogen (secondary N) is 4. The molecule has 5 heterocycles. The summed E-state index contributed by atoms with van der Waals surface area (Å²) in [6.07, 6.45) is 9.63. The molecule has 70 heavy (non-hydrogen) atoms. The van der Waals surface area contributed by atoms with Gasteiger partial charge in [-0.05, 0) is 86.6 Å². The van der Waals surface area contributed by atoms with Crippen LogP contribution in [0.4, 0.5) is 24.8 Å². The summed E-state index contributed by atoms with van der Waals surface area (Å²) < 4.78 is 39.5. The molecule has 16 nitrogen and oxygen atoms in total.